The average molecular weight is 358 g/mol. The van der Waals surface area contributed by atoms with E-state index in [0.29, 0.717) is 6.42 Å². The van der Waals surface area contributed by atoms with E-state index in [4.69, 9.17) is 9.84 Å². The number of thiophene rings is 1. The smallest absolute Gasteiger partial charge is 0.303 e. The number of ether oxygens (including phenoxy) is 1. The SMILES string of the molecule is COc1ccc([C@@H]2CC(c3cccs3)=NN2C(=O)CCC(=O)O)cc1. The fraction of sp³-hybridized carbons (Fsp3) is 0.278. The first-order valence-corrected chi connectivity index (χ1v) is 8.75. The molecular weight excluding hydrogens is 340 g/mol. The van der Waals surface area contributed by atoms with E-state index < -0.39 is 5.97 Å². The van der Waals surface area contributed by atoms with Crippen molar-refractivity contribution in [2.24, 2.45) is 5.10 Å². The molecule has 1 amide bonds. The van der Waals surface area contributed by atoms with Crippen LogP contribution in [0.3, 0.4) is 0 Å². The van der Waals surface area contributed by atoms with E-state index in [9.17, 15) is 9.59 Å². The normalized spacial score (nSPS) is 16.6. The van der Waals surface area contributed by atoms with Gasteiger partial charge in [-0.25, -0.2) is 5.01 Å². The van der Waals surface area contributed by atoms with Gasteiger partial charge in [0, 0.05) is 12.8 Å². The Kier molecular flexibility index (Phi) is 5.14. The topological polar surface area (TPSA) is 79.2 Å². The zero-order chi connectivity index (χ0) is 17.8. The van der Waals surface area contributed by atoms with Gasteiger partial charge < -0.3 is 9.84 Å². The Morgan fingerprint density at radius 2 is 2.04 bits per heavy atom. The molecule has 1 aromatic heterocycles. The van der Waals surface area contributed by atoms with Crippen molar-refractivity contribution in [2.45, 2.75) is 25.3 Å². The second kappa shape index (κ2) is 7.48. The molecule has 1 aromatic carbocycles. The molecule has 130 valence electrons. The first-order valence-electron chi connectivity index (χ1n) is 7.87. The van der Waals surface area contributed by atoms with E-state index in [-0.39, 0.29) is 24.8 Å². The summed E-state index contributed by atoms with van der Waals surface area (Å²) in [6, 6.07) is 11.2. The highest BCUT2D eigenvalue weighted by Crippen LogP contribution is 2.35. The number of methoxy groups -OCH3 is 1. The van der Waals surface area contributed by atoms with Gasteiger partial charge in [-0.3, -0.25) is 9.59 Å². The van der Waals surface area contributed by atoms with Crippen molar-refractivity contribution in [3.8, 4) is 5.75 Å². The summed E-state index contributed by atoms with van der Waals surface area (Å²) in [5.41, 5.74) is 1.79. The summed E-state index contributed by atoms with van der Waals surface area (Å²) < 4.78 is 5.18. The Morgan fingerprint density at radius 1 is 1.28 bits per heavy atom. The molecule has 1 aliphatic heterocycles. The number of carbonyl (C=O) groups is 2. The summed E-state index contributed by atoms with van der Waals surface area (Å²) in [7, 11) is 1.60. The lowest BCUT2D eigenvalue weighted by atomic mass is 10.0. The van der Waals surface area contributed by atoms with Gasteiger partial charge in [0.2, 0.25) is 5.91 Å². The van der Waals surface area contributed by atoms with Crippen molar-refractivity contribution in [1.82, 2.24) is 5.01 Å². The Morgan fingerprint density at radius 3 is 2.64 bits per heavy atom. The maximum Gasteiger partial charge on any atom is 0.303 e. The van der Waals surface area contributed by atoms with Crippen molar-refractivity contribution in [2.75, 3.05) is 7.11 Å². The first-order chi connectivity index (χ1) is 12.1. The van der Waals surface area contributed by atoms with Gasteiger partial charge >= 0.3 is 5.97 Å². The molecular formula is C18H18N2O4S. The minimum Gasteiger partial charge on any atom is -0.497 e. The standard InChI is InChI=1S/C18H18N2O4S/c1-24-13-6-4-12(5-7-13)15-11-14(16-3-2-10-25-16)19-20(15)17(21)8-9-18(22)23/h2-7,10,15H,8-9,11H2,1H3,(H,22,23)/t15-/m0/s1. The number of hydrogen-bond donors (Lipinski definition) is 1. The van der Waals surface area contributed by atoms with Gasteiger partial charge in [0.05, 0.1) is 30.2 Å². The number of carboxylic acid groups (broad SMARTS) is 1. The summed E-state index contributed by atoms with van der Waals surface area (Å²) in [5, 5.41) is 16.7. The monoisotopic (exact) mass is 358 g/mol. The van der Waals surface area contributed by atoms with Crippen molar-refractivity contribution in [1.29, 1.82) is 0 Å². The van der Waals surface area contributed by atoms with Crippen LogP contribution in [0.15, 0.2) is 46.9 Å². The van der Waals surface area contributed by atoms with Gasteiger partial charge in [0.1, 0.15) is 5.75 Å². The molecule has 1 atom stereocenters. The molecule has 2 aromatic rings. The highest BCUT2D eigenvalue weighted by Gasteiger charge is 2.33. The van der Waals surface area contributed by atoms with Crippen LogP contribution >= 0.6 is 11.3 Å². The average Bonchev–Trinajstić information content (AvgIpc) is 3.29. The molecule has 0 bridgehead atoms. The van der Waals surface area contributed by atoms with Crippen molar-refractivity contribution >= 4 is 28.9 Å². The lowest BCUT2D eigenvalue weighted by molar-refractivity contribution is -0.141. The van der Waals surface area contributed by atoms with E-state index in [2.05, 4.69) is 5.10 Å². The van der Waals surface area contributed by atoms with Gasteiger partial charge in [0.15, 0.2) is 0 Å². The summed E-state index contributed by atoms with van der Waals surface area (Å²) in [6.45, 7) is 0. The zero-order valence-electron chi connectivity index (χ0n) is 13.7. The highest BCUT2D eigenvalue weighted by molar-refractivity contribution is 7.12. The maximum atomic E-state index is 12.5. The number of amides is 1. The van der Waals surface area contributed by atoms with Crippen LogP contribution in [0.2, 0.25) is 0 Å². The minimum atomic E-state index is -0.990. The van der Waals surface area contributed by atoms with Crippen molar-refractivity contribution < 1.29 is 19.4 Å². The third-order valence-corrected chi connectivity index (χ3v) is 4.94. The molecule has 7 heteroatoms. The molecule has 2 heterocycles. The van der Waals surface area contributed by atoms with E-state index >= 15 is 0 Å². The lowest BCUT2D eigenvalue weighted by Crippen LogP contribution is -2.27. The number of aliphatic carboxylic acids is 1. The predicted molar refractivity (Wildman–Crippen MR) is 94.9 cm³/mol. The second-order valence-corrected chi connectivity index (χ2v) is 6.60. The van der Waals surface area contributed by atoms with Crippen molar-refractivity contribution in [3.63, 3.8) is 0 Å². The van der Waals surface area contributed by atoms with Crippen LogP contribution in [0, 0.1) is 0 Å². The molecule has 1 N–H and O–H groups in total. The molecule has 3 rings (SSSR count). The second-order valence-electron chi connectivity index (χ2n) is 5.65. The molecule has 25 heavy (non-hydrogen) atoms. The zero-order valence-corrected chi connectivity index (χ0v) is 14.5. The number of carboxylic acids is 1. The fourth-order valence-electron chi connectivity index (χ4n) is 2.75. The van der Waals surface area contributed by atoms with Crippen molar-refractivity contribution in [3.05, 3.63) is 52.2 Å². The van der Waals surface area contributed by atoms with Gasteiger partial charge in [-0.1, -0.05) is 18.2 Å². The summed E-state index contributed by atoms with van der Waals surface area (Å²) in [5.74, 6) is -0.532. The quantitative estimate of drug-likeness (QED) is 0.859. The van der Waals surface area contributed by atoms with Crippen LogP contribution in [0.25, 0.3) is 0 Å². The number of benzene rings is 1. The Hall–Kier alpha value is -2.67. The van der Waals surface area contributed by atoms with Gasteiger partial charge in [0.25, 0.3) is 0 Å². The predicted octanol–water partition coefficient (Wildman–Crippen LogP) is 3.30. The first kappa shape index (κ1) is 17.2. The summed E-state index contributed by atoms with van der Waals surface area (Å²) in [6.07, 6.45) is 0.337. The van der Waals surface area contributed by atoms with Crippen LogP contribution in [-0.4, -0.2) is 34.8 Å². The molecule has 0 spiro atoms. The minimum absolute atomic E-state index is 0.0663. The van der Waals surface area contributed by atoms with Crippen LogP contribution in [0.1, 0.15) is 35.7 Å². The Labute approximate surface area is 149 Å². The molecule has 0 saturated heterocycles. The van der Waals surface area contributed by atoms with Crippen LogP contribution in [-0.2, 0) is 9.59 Å². The van der Waals surface area contributed by atoms with Gasteiger partial charge in [-0.05, 0) is 29.1 Å². The third kappa shape index (κ3) is 3.88. The third-order valence-electron chi connectivity index (χ3n) is 4.02. The van der Waals surface area contributed by atoms with E-state index in [1.54, 1.807) is 18.4 Å². The van der Waals surface area contributed by atoms with Crippen LogP contribution in [0.4, 0.5) is 0 Å². The molecule has 0 radical (unpaired) electrons. The number of rotatable bonds is 6. The van der Waals surface area contributed by atoms with E-state index in [1.165, 1.54) is 5.01 Å². The van der Waals surface area contributed by atoms with Crippen LogP contribution < -0.4 is 4.74 Å². The Balaban J connectivity index is 1.86. The molecule has 0 saturated carbocycles. The Bertz CT molecular complexity index is 784. The molecule has 0 aliphatic carbocycles. The maximum absolute atomic E-state index is 12.5. The fourth-order valence-corrected chi connectivity index (χ4v) is 3.47. The van der Waals surface area contributed by atoms with E-state index in [0.717, 1.165) is 21.9 Å². The number of nitrogens with zero attached hydrogens (tertiary/aromatic N) is 2. The molecule has 1 aliphatic rings. The van der Waals surface area contributed by atoms with E-state index in [1.807, 2.05) is 41.8 Å². The molecule has 6 nitrogen and oxygen atoms in total. The van der Waals surface area contributed by atoms with Crippen LogP contribution in [0.5, 0.6) is 5.75 Å². The molecule has 0 unspecified atom stereocenters. The number of hydrazone groups is 1. The number of hydrogen-bond acceptors (Lipinski definition) is 5. The summed E-state index contributed by atoms with van der Waals surface area (Å²) in [4.78, 5) is 24.3. The number of carbonyl (C=O) groups excluding carboxylic acids is 1. The molecule has 0 fully saturated rings. The van der Waals surface area contributed by atoms with Gasteiger partial charge in [-0.2, -0.15) is 5.10 Å². The van der Waals surface area contributed by atoms with Gasteiger partial charge in [-0.15, -0.1) is 11.3 Å². The highest BCUT2D eigenvalue weighted by atomic mass is 32.1. The largest absolute Gasteiger partial charge is 0.497 e. The summed E-state index contributed by atoms with van der Waals surface area (Å²) >= 11 is 1.57. The lowest BCUT2D eigenvalue weighted by Gasteiger charge is -2.22.